The van der Waals surface area contributed by atoms with Gasteiger partial charge in [0.2, 0.25) is 0 Å². The van der Waals surface area contributed by atoms with Gasteiger partial charge in [-0.1, -0.05) is 248 Å². The number of imidazole rings is 1. The Labute approximate surface area is 806 Å². The van der Waals surface area contributed by atoms with E-state index in [9.17, 15) is 67.7 Å². The summed E-state index contributed by atoms with van der Waals surface area (Å²) in [5.74, 6) is -7.59. The molecule has 3 aliphatic carbocycles. The van der Waals surface area contributed by atoms with Gasteiger partial charge >= 0.3 is 47.8 Å². The minimum atomic E-state index is -1.11. The fourth-order valence-electron chi connectivity index (χ4n) is 14.4. The largest absolute Gasteiger partial charge is 0.482 e. The molecule has 20 rings (SSSR count). The molecule has 28 nitrogen and oxygen atoms in total. The second kappa shape index (κ2) is 48.0. The van der Waals surface area contributed by atoms with Gasteiger partial charge in [-0.25, -0.2) is 53.5 Å². The molecular weight excluding hydrogens is 1820 g/mol. The number of pyridine rings is 2. The number of carbonyl (C=O) groups excluding carboxylic acids is 4. The number of benzene rings is 13. The van der Waals surface area contributed by atoms with E-state index in [1.165, 1.54) is 63.6 Å². The zero-order valence-electron chi connectivity index (χ0n) is 73.7. The molecule has 696 valence electrons. The third-order valence-corrected chi connectivity index (χ3v) is 23.0. The second-order valence-corrected chi connectivity index (χ2v) is 32.6. The Kier molecular flexibility index (Phi) is 34.0. The van der Waals surface area contributed by atoms with E-state index >= 15 is 0 Å². The molecule has 0 amide bonds. The van der Waals surface area contributed by atoms with E-state index in [0.717, 1.165) is 55.0 Å². The number of aromatic nitrogens is 5. The lowest BCUT2D eigenvalue weighted by Gasteiger charge is -2.18. The Morgan fingerprint density at radius 2 is 0.829 bits per heavy atom. The molecule has 4 heterocycles. The van der Waals surface area contributed by atoms with Gasteiger partial charge in [-0.15, -0.1) is 11.3 Å². The summed E-state index contributed by atoms with van der Waals surface area (Å²) in [6.45, 7) is -1.14. The SMILES string of the molecule is O=C(O)/C=C/c1ccccc1.O=C(O)COCc1ccc2c(c1)C(=O)c1ccccc1C2=O.O=C(O)COc1ccc2c(c1)C(=O)c1ccccc1C2=O.O=C(O)COc1ccc2c(c1)Cc1ccccc1-2.O=C(O)CSc1nc2ccccc2s1.O=C(O)c1cc(-c2ccccc2)nc(-c2ccccc2)c1.O=C(O)c1cc(-c2ccccc2)nc2ccccc12.O=C(O)c1ccc(-n2ccnc2)cc1. The maximum atomic E-state index is 12.5. The summed E-state index contributed by atoms with van der Waals surface area (Å²) in [6, 6.07) is 101. The molecule has 0 radical (unpaired) electrons. The first kappa shape index (κ1) is 99.1. The van der Waals surface area contributed by atoms with Crippen molar-refractivity contribution >= 4 is 121 Å². The van der Waals surface area contributed by atoms with Crippen LogP contribution in [0.5, 0.6) is 11.5 Å². The van der Waals surface area contributed by atoms with Gasteiger partial charge in [-0.3, -0.25) is 24.0 Å². The standard InChI is InChI=1S/C18H13NO2.C17H12O5.C16H11NO2.C16H10O5.C15H12O3.C10H8N2O2.C9H7NO2S2.C9H8O2/c20-18(21)15-11-16(13-7-3-1-4-8-13)19-17(12-15)14-9-5-2-6-10-14;18-15(19)9-22-8-10-5-6-13-14(7-10)17(21)12-4-2-1-3-11(12)16(13)20;18-16(19)13-10-15(11-6-2-1-3-7-11)17-14-9-5-4-8-12(13)14;17-14(18)8-21-9-5-6-12-13(7-9)16(20)11-4-2-1-3-10(11)15(12)19;16-15(17)9-18-12-5-6-14-11(8-12)7-10-3-1-2-4-13(10)14;13-10(14)8-1-3-9(4-2-8)12-6-5-11-7-12;11-8(12)5-13-9-10-6-3-1-2-4-7(6)14-9;10-9(11)7-6-8-4-2-1-3-5-8/h1-12H,(H,20,21);1-7H,8-9H2,(H,18,19);1-10H,(H,18,19);1-7H,8H2,(H,17,18);1-6,8H,7,9H2,(H,16,17);1-7H,(H,13,14);1-4H,5H2,(H,11,12);1-7H,(H,10,11)/b;;;;;;;7-6+. The van der Waals surface area contributed by atoms with E-state index in [-0.39, 0.29) is 70.1 Å². The fourth-order valence-corrected chi connectivity index (χ4v) is 16.2. The number of ketones is 4. The molecule has 0 atom stereocenters. The lowest BCUT2D eigenvalue weighted by atomic mass is 9.83. The number of hydrogen-bond acceptors (Lipinski definition) is 21. The van der Waals surface area contributed by atoms with Crippen LogP contribution in [0, 0.1) is 0 Å². The van der Waals surface area contributed by atoms with E-state index in [0.29, 0.717) is 78.2 Å². The predicted octanol–water partition coefficient (Wildman–Crippen LogP) is 20.3. The number of carbonyl (C=O) groups is 12. The summed E-state index contributed by atoms with van der Waals surface area (Å²) in [6.07, 6.45) is 8.70. The van der Waals surface area contributed by atoms with E-state index in [1.807, 2.05) is 199 Å². The maximum Gasteiger partial charge on any atom is 0.341 e. The third kappa shape index (κ3) is 26.8. The van der Waals surface area contributed by atoms with E-state index in [1.54, 1.807) is 140 Å². The number of hydrogen-bond donors (Lipinski definition) is 8. The first-order chi connectivity index (χ1) is 67.7. The van der Waals surface area contributed by atoms with Crippen LogP contribution in [0.15, 0.2) is 369 Å². The average Bonchev–Trinajstić information content (AvgIpc) is 1.03. The lowest BCUT2D eigenvalue weighted by molar-refractivity contribution is -0.143. The lowest BCUT2D eigenvalue weighted by Crippen LogP contribution is -2.21. The van der Waals surface area contributed by atoms with Gasteiger partial charge in [0.05, 0.1) is 68.2 Å². The molecule has 17 aromatic rings. The van der Waals surface area contributed by atoms with Crippen molar-refractivity contribution in [3.05, 3.63) is 448 Å². The van der Waals surface area contributed by atoms with Gasteiger partial charge < -0.3 is 59.6 Å². The summed E-state index contributed by atoms with van der Waals surface area (Å²) >= 11 is 2.79. The highest BCUT2D eigenvalue weighted by Gasteiger charge is 2.32. The van der Waals surface area contributed by atoms with Crippen molar-refractivity contribution in [1.29, 1.82) is 0 Å². The smallest absolute Gasteiger partial charge is 0.341 e. The first-order valence-electron chi connectivity index (χ1n) is 42.6. The van der Waals surface area contributed by atoms with Crippen LogP contribution in [-0.2, 0) is 41.7 Å². The monoisotopic (exact) mass is 1900 g/mol. The minimum absolute atomic E-state index is 0.0693. The summed E-state index contributed by atoms with van der Waals surface area (Å²) in [5.41, 5.74) is 17.4. The van der Waals surface area contributed by atoms with Crippen LogP contribution in [-0.4, -0.2) is 162 Å². The van der Waals surface area contributed by atoms with Gasteiger partial charge in [0, 0.05) is 90.7 Å². The molecule has 0 bridgehead atoms. The van der Waals surface area contributed by atoms with Crippen molar-refractivity contribution in [3.63, 3.8) is 0 Å². The molecule has 13 aromatic carbocycles. The van der Waals surface area contributed by atoms with Crippen molar-refractivity contribution < 1.29 is 113 Å². The van der Waals surface area contributed by atoms with Crippen LogP contribution in [0.4, 0.5) is 0 Å². The number of ether oxygens (including phenoxy) is 3. The van der Waals surface area contributed by atoms with E-state index in [2.05, 4.69) is 32.1 Å². The Hall–Kier alpha value is -18.4. The van der Waals surface area contributed by atoms with Crippen molar-refractivity contribution in [3.8, 4) is 62.1 Å². The molecule has 4 aromatic heterocycles. The number of nitrogens with zero attached hydrogens (tertiary/aromatic N) is 5. The molecule has 0 spiro atoms. The summed E-state index contributed by atoms with van der Waals surface area (Å²) < 4.78 is 19.0. The van der Waals surface area contributed by atoms with Crippen LogP contribution in [0.1, 0.15) is 117 Å². The van der Waals surface area contributed by atoms with Crippen LogP contribution in [0.3, 0.4) is 0 Å². The molecular formula is C110H81N5O23S2. The average molecular weight is 1910 g/mol. The molecule has 0 unspecified atom stereocenters. The zero-order chi connectivity index (χ0) is 99.1. The quantitative estimate of drug-likeness (QED) is 0.0231. The molecule has 0 saturated carbocycles. The summed E-state index contributed by atoms with van der Waals surface area (Å²) in [4.78, 5) is 152. The summed E-state index contributed by atoms with van der Waals surface area (Å²) in [5, 5.41) is 70.5. The number of carboxylic acids is 8. The topological polar surface area (TPSA) is 451 Å². The van der Waals surface area contributed by atoms with Crippen LogP contribution in [0.2, 0.25) is 0 Å². The second-order valence-electron chi connectivity index (χ2n) is 30.3. The number of para-hydroxylation sites is 2. The number of carboxylic acid groups (broad SMARTS) is 8. The van der Waals surface area contributed by atoms with E-state index < -0.39 is 61.0 Å². The molecule has 3 aliphatic rings. The number of fused-ring (bicyclic) bond motifs is 9. The normalized spacial score (nSPS) is 11.2. The molecule has 140 heavy (non-hydrogen) atoms. The minimum Gasteiger partial charge on any atom is -0.482 e. The van der Waals surface area contributed by atoms with Gasteiger partial charge in [-0.2, -0.15) is 0 Å². The van der Waals surface area contributed by atoms with Crippen molar-refractivity contribution in [2.75, 3.05) is 25.6 Å². The Morgan fingerprint density at radius 3 is 1.34 bits per heavy atom. The number of thiazole rings is 1. The van der Waals surface area contributed by atoms with Gasteiger partial charge in [-0.05, 0) is 149 Å². The van der Waals surface area contributed by atoms with E-state index in [4.69, 9.17) is 44.8 Å². The van der Waals surface area contributed by atoms with Crippen LogP contribution < -0.4 is 9.47 Å². The zero-order valence-corrected chi connectivity index (χ0v) is 75.3. The molecule has 8 N–H and O–H groups in total. The summed E-state index contributed by atoms with van der Waals surface area (Å²) in [7, 11) is 0. The number of thioether (sulfide) groups is 1. The number of rotatable bonds is 22. The van der Waals surface area contributed by atoms with Crippen LogP contribution in [0.25, 0.3) is 77.8 Å². The van der Waals surface area contributed by atoms with Crippen molar-refractivity contribution in [2.45, 2.75) is 17.4 Å². The highest BCUT2D eigenvalue weighted by atomic mass is 32.2. The Balaban J connectivity index is 0.000000136. The molecule has 30 heteroatoms. The predicted molar refractivity (Wildman–Crippen MR) is 526 cm³/mol. The van der Waals surface area contributed by atoms with Crippen molar-refractivity contribution in [2.24, 2.45) is 0 Å². The highest BCUT2D eigenvalue weighted by Crippen LogP contribution is 2.39. The van der Waals surface area contributed by atoms with Crippen molar-refractivity contribution in [1.82, 2.24) is 24.5 Å². The first-order valence-corrected chi connectivity index (χ1v) is 44.4. The van der Waals surface area contributed by atoms with Gasteiger partial charge in [0.25, 0.3) is 0 Å². The maximum absolute atomic E-state index is 12.5. The molecule has 0 aliphatic heterocycles. The highest BCUT2D eigenvalue weighted by molar-refractivity contribution is 8.01. The molecule has 0 saturated heterocycles. The van der Waals surface area contributed by atoms with Gasteiger partial charge in [0.1, 0.15) is 18.1 Å². The molecule has 0 fully saturated rings. The van der Waals surface area contributed by atoms with Crippen LogP contribution >= 0.6 is 23.1 Å². The fraction of sp³-hybridized carbons (Fsp3) is 0.0545. The Morgan fingerprint density at radius 1 is 0.379 bits per heavy atom. The Bertz CT molecular complexity index is 7400. The number of aromatic carboxylic acids is 3. The van der Waals surface area contributed by atoms with Gasteiger partial charge in [0.15, 0.2) is 40.7 Å². The third-order valence-electron chi connectivity index (χ3n) is 20.8. The number of aliphatic carboxylic acids is 5.